The number of carbonyl (C=O) groups is 1. The zero-order valence-electron chi connectivity index (χ0n) is 17.2. The van der Waals surface area contributed by atoms with Crippen LogP contribution in [0, 0.1) is 11.7 Å². The summed E-state index contributed by atoms with van der Waals surface area (Å²) >= 11 is 0. The topological polar surface area (TPSA) is 75.7 Å². The molecule has 1 N–H and O–H groups in total. The van der Waals surface area contributed by atoms with Gasteiger partial charge in [0.15, 0.2) is 0 Å². The van der Waals surface area contributed by atoms with E-state index in [1.54, 1.807) is 0 Å². The highest BCUT2D eigenvalue weighted by atomic mass is 32.2. The number of piperidine rings is 1. The highest BCUT2D eigenvalue weighted by Crippen LogP contribution is 2.24. The Hall–Kier alpha value is -2.45. The van der Waals surface area contributed by atoms with Crippen molar-refractivity contribution in [3.8, 4) is 5.75 Å². The molecule has 0 radical (unpaired) electrons. The Balaban J connectivity index is 1.52. The predicted octanol–water partition coefficient (Wildman–Crippen LogP) is 3.33. The molecule has 0 atom stereocenters. The van der Waals surface area contributed by atoms with Gasteiger partial charge in [0.25, 0.3) is 0 Å². The van der Waals surface area contributed by atoms with E-state index in [-0.39, 0.29) is 35.9 Å². The van der Waals surface area contributed by atoms with Crippen LogP contribution in [0.15, 0.2) is 53.4 Å². The van der Waals surface area contributed by atoms with Crippen molar-refractivity contribution in [1.82, 2.24) is 9.62 Å². The van der Waals surface area contributed by atoms with Crippen LogP contribution in [0.4, 0.5) is 4.39 Å². The Kier molecular flexibility index (Phi) is 7.10. The van der Waals surface area contributed by atoms with E-state index in [4.69, 9.17) is 4.74 Å². The third-order valence-electron chi connectivity index (χ3n) is 5.01. The van der Waals surface area contributed by atoms with E-state index in [1.807, 2.05) is 38.1 Å². The van der Waals surface area contributed by atoms with Crippen LogP contribution in [0.3, 0.4) is 0 Å². The van der Waals surface area contributed by atoms with Gasteiger partial charge < -0.3 is 10.1 Å². The first-order valence-electron chi connectivity index (χ1n) is 10.0. The van der Waals surface area contributed by atoms with Crippen molar-refractivity contribution in [3.63, 3.8) is 0 Å². The minimum absolute atomic E-state index is 0.0651. The van der Waals surface area contributed by atoms with Crippen LogP contribution >= 0.6 is 0 Å². The van der Waals surface area contributed by atoms with Gasteiger partial charge in [-0.05, 0) is 68.7 Å². The first-order valence-corrected chi connectivity index (χ1v) is 11.5. The number of halogens is 1. The lowest BCUT2D eigenvalue weighted by atomic mass is 9.97. The molecule has 0 bridgehead atoms. The van der Waals surface area contributed by atoms with Crippen molar-refractivity contribution < 1.29 is 22.3 Å². The molecule has 0 unspecified atom stereocenters. The summed E-state index contributed by atoms with van der Waals surface area (Å²) in [5, 5.41) is 2.94. The van der Waals surface area contributed by atoms with E-state index in [2.05, 4.69) is 5.32 Å². The molecule has 0 aliphatic carbocycles. The Labute approximate surface area is 177 Å². The van der Waals surface area contributed by atoms with E-state index in [0.29, 0.717) is 19.4 Å². The van der Waals surface area contributed by atoms with Crippen LogP contribution in [-0.2, 0) is 21.4 Å². The molecular weight excluding hydrogens is 407 g/mol. The molecule has 1 aliphatic heterocycles. The summed E-state index contributed by atoms with van der Waals surface area (Å²) in [6.07, 6.45) is 0.970. The first-order chi connectivity index (χ1) is 14.3. The van der Waals surface area contributed by atoms with Gasteiger partial charge in [-0.2, -0.15) is 4.31 Å². The van der Waals surface area contributed by atoms with Gasteiger partial charge in [0.1, 0.15) is 11.6 Å². The normalized spacial score (nSPS) is 15.9. The molecule has 2 aromatic rings. The van der Waals surface area contributed by atoms with E-state index in [1.165, 1.54) is 16.4 Å². The highest BCUT2D eigenvalue weighted by Gasteiger charge is 2.32. The maximum atomic E-state index is 13.1. The second-order valence-corrected chi connectivity index (χ2v) is 9.60. The fourth-order valence-corrected chi connectivity index (χ4v) is 4.92. The lowest BCUT2D eigenvalue weighted by Crippen LogP contribution is -2.42. The zero-order valence-corrected chi connectivity index (χ0v) is 18.0. The first kappa shape index (κ1) is 22.2. The number of amides is 1. The van der Waals surface area contributed by atoms with Gasteiger partial charge >= 0.3 is 0 Å². The molecule has 1 saturated heterocycles. The summed E-state index contributed by atoms with van der Waals surface area (Å²) in [6.45, 7) is 4.82. The molecule has 0 aromatic heterocycles. The van der Waals surface area contributed by atoms with E-state index >= 15 is 0 Å². The fourth-order valence-electron chi connectivity index (χ4n) is 3.45. The van der Waals surface area contributed by atoms with Crippen LogP contribution in [-0.4, -0.2) is 37.8 Å². The number of benzene rings is 2. The Morgan fingerprint density at radius 3 is 2.47 bits per heavy atom. The second-order valence-electron chi connectivity index (χ2n) is 7.66. The number of carbonyl (C=O) groups excluding carboxylic acids is 1. The predicted molar refractivity (Wildman–Crippen MR) is 112 cm³/mol. The second kappa shape index (κ2) is 9.57. The SMILES string of the molecule is CC(C)Oc1cccc(CNC(=O)C2CCN(S(=O)(=O)c3ccc(F)cc3)CC2)c1. The van der Waals surface area contributed by atoms with Crippen LogP contribution in [0.5, 0.6) is 5.75 Å². The smallest absolute Gasteiger partial charge is 0.243 e. The van der Waals surface area contributed by atoms with Gasteiger partial charge in [0.05, 0.1) is 11.0 Å². The Bertz CT molecular complexity index is 969. The number of ether oxygens (including phenoxy) is 1. The molecule has 1 amide bonds. The van der Waals surface area contributed by atoms with Crippen LogP contribution in [0.2, 0.25) is 0 Å². The third kappa shape index (κ3) is 5.58. The molecule has 3 rings (SSSR count). The molecule has 8 heteroatoms. The summed E-state index contributed by atoms with van der Waals surface area (Å²) in [5.74, 6) is -0.0366. The highest BCUT2D eigenvalue weighted by molar-refractivity contribution is 7.89. The van der Waals surface area contributed by atoms with Gasteiger partial charge in [-0.1, -0.05) is 12.1 Å². The molecule has 0 saturated carbocycles. The van der Waals surface area contributed by atoms with Gasteiger partial charge in [0, 0.05) is 25.6 Å². The summed E-state index contributed by atoms with van der Waals surface area (Å²) < 4.78 is 45.5. The Morgan fingerprint density at radius 1 is 1.17 bits per heavy atom. The summed E-state index contributed by atoms with van der Waals surface area (Å²) in [4.78, 5) is 12.6. The van der Waals surface area contributed by atoms with E-state index in [0.717, 1.165) is 23.4 Å². The molecule has 1 heterocycles. The summed E-state index contributed by atoms with van der Waals surface area (Å²) in [7, 11) is -3.68. The molecule has 0 spiro atoms. The van der Waals surface area contributed by atoms with Gasteiger partial charge in [-0.25, -0.2) is 12.8 Å². The number of sulfonamides is 1. The van der Waals surface area contributed by atoms with Crippen LogP contribution in [0.1, 0.15) is 32.3 Å². The number of nitrogens with one attached hydrogen (secondary N) is 1. The van der Waals surface area contributed by atoms with Crippen molar-refractivity contribution in [2.75, 3.05) is 13.1 Å². The average Bonchev–Trinajstić information content (AvgIpc) is 2.72. The maximum absolute atomic E-state index is 13.1. The lowest BCUT2D eigenvalue weighted by Gasteiger charge is -2.30. The quantitative estimate of drug-likeness (QED) is 0.725. The minimum atomic E-state index is -3.68. The van der Waals surface area contributed by atoms with Gasteiger partial charge in [-0.15, -0.1) is 0 Å². The minimum Gasteiger partial charge on any atom is -0.491 e. The molecule has 1 aliphatic rings. The summed E-state index contributed by atoms with van der Waals surface area (Å²) in [5.41, 5.74) is 0.942. The van der Waals surface area contributed by atoms with Crippen molar-refractivity contribution in [2.45, 2.75) is 44.2 Å². The summed E-state index contributed by atoms with van der Waals surface area (Å²) in [6, 6.07) is 12.4. The Morgan fingerprint density at radius 2 is 1.83 bits per heavy atom. The lowest BCUT2D eigenvalue weighted by molar-refractivity contribution is -0.126. The van der Waals surface area contributed by atoms with Crippen molar-refractivity contribution in [2.24, 2.45) is 5.92 Å². The third-order valence-corrected chi connectivity index (χ3v) is 6.93. The number of hydrogen-bond acceptors (Lipinski definition) is 4. The molecule has 30 heavy (non-hydrogen) atoms. The van der Waals surface area contributed by atoms with Gasteiger partial charge in [0.2, 0.25) is 15.9 Å². The number of nitrogens with zero attached hydrogens (tertiary/aromatic N) is 1. The molecule has 162 valence electrons. The molecule has 1 fully saturated rings. The standard InChI is InChI=1S/C22H27FN2O4S/c1-16(2)29-20-5-3-4-17(14-20)15-24-22(26)18-10-12-25(13-11-18)30(27,28)21-8-6-19(23)7-9-21/h3-9,14,16,18H,10-13,15H2,1-2H3,(H,24,26). The fraction of sp³-hybridized carbons (Fsp3) is 0.409. The molecule has 6 nitrogen and oxygen atoms in total. The monoisotopic (exact) mass is 434 g/mol. The number of hydrogen-bond donors (Lipinski definition) is 1. The van der Waals surface area contributed by atoms with E-state index < -0.39 is 15.8 Å². The van der Waals surface area contributed by atoms with Gasteiger partial charge in [-0.3, -0.25) is 4.79 Å². The van der Waals surface area contributed by atoms with E-state index in [9.17, 15) is 17.6 Å². The zero-order chi connectivity index (χ0) is 21.7. The van der Waals surface area contributed by atoms with Crippen LogP contribution in [0.25, 0.3) is 0 Å². The molecular formula is C22H27FN2O4S. The molecule has 2 aromatic carbocycles. The average molecular weight is 435 g/mol. The van der Waals surface area contributed by atoms with Crippen LogP contribution < -0.4 is 10.1 Å². The van der Waals surface area contributed by atoms with Crippen molar-refractivity contribution >= 4 is 15.9 Å². The van der Waals surface area contributed by atoms with Crippen molar-refractivity contribution in [3.05, 3.63) is 59.9 Å². The maximum Gasteiger partial charge on any atom is 0.243 e. The number of rotatable bonds is 7. The van der Waals surface area contributed by atoms with Crippen molar-refractivity contribution in [1.29, 1.82) is 0 Å². The largest absolute Gasteiger partial charge is 0.491 e.